The van der Waals surface area contributed by atoms with E-state index in [9.17, 15) is 4.79 Å². The Morgan fingerprint density at radius 1 is 1.15 bits per heavy atom. The molecule has 3 rings (SSSR count). The Morgan fingerprint density at radius 2 is 1.88 bits per heavy atom. The molecule has 0 aliphatic carbocycles. The minimum atomic E-state index is 0.290. The van der Waals surface area contributed by atoms with Crippen molar-refractivity contribution in [2.75, 3.05) is 13.7 Å². The fourth-order valence-electron chi connectivity index (χ4n) is 4.14. The molecular weight excluding hydrogens is 322 g/mol. The van der Waals surface area contributed by atoms with Crippen LogP contribution in [-0.2, 0) is 11.2 Å². The monoisotopic (exact) mass is 351 g/mol. The number of ether oxygens (including phenoxy) is 1. The lowest BCUT2D eigenvalue weighted by atomic mass is 9.87. The average Bonchev–Trinajstić information content (AvgIpc) is 3.17. The van der Waals surface area contributed by atoms with E-state index in [1.807, 2.05) is 24.3 Å². The van der Waals surface area contributed by atoms with Crippen molar-refractivity contribution in [2.45, 2.75) is 51.0 Å². The molecule has 1 aliphatic heterocycles. The van der Waals surface area contributed by atoms with E-state index in [2.05, 4.69) is 42.2 Å². The Hall–Kier alpha value is -2.29. The summed E-state index contributed by atoms with van der Waals surface area (Å²) in [6, 6.07) is 19.0. The molecule has 1 heterocycles. The van der Waals surface area contributed by atoms with Gasteiger partial charge in [-0.2, -0.15) is 0 Å². The maximum absolute atomic E-state index is 12.9. The second kappa shape index (κ2) is 8.88. The summed E-state index contributed by atoms with van der Waals surface area (Å²) in [5, 5.41) is 0. The maximum atomic E-state index is 12.9. The molecule has 0 radical (unpaired) electrons. The molecule has 1 fully saturated rings. The molecular formula is C23H29NO2. The van der Waals surface area contributed by atoms with E-state index >= 15 is 0 Å². The van der Waals surface area contributed by atoms with Crippen LogP contribution in [0.5, 0.6) is 5.75 Å². The number of methoxy groups -OCH3 is 1. The Kier molecular flexibility index (Phi) is 6.32. The lowest BCUT2D eigenvalue weighted by Gasteiger charge is -2.32. The van der Waals surface area contributed by atoms with Gasteiger partial charge in [0.15, 0.2) is 0 Å². The molecule has 1 saturated heterocycles. The molecule has 2 atom stereocenters. The van der Waals surface area contributed by atoms with E-state index in [-0.39, 0.29) is 5.91 Å². The van der Waals surface area contributed by atoms with Crippen molar-refractivity contribution in [1.29, 1.82) is 0 Å². The van der Waals surface area contributed by atoms with Crippen molar-refractivity contribution < 1.29 is 9.53 Å². The first-order valence-electron chi connectivity index (χ1n) is 9.70. The molecule has 3 nitrogen and oxygen atoms in total. The van der Waals surface area contributed by atoms with E-state index in [1.165, 1.54) is 11.1 Å². The first-order chi connectivity index (χ1) is 12.7. The van der Waals surface area contributed by atoms with E-state index in [4.69, 9.17) is 4.74 Å². The smallest absolute Gasteiger partial charge is 0.223 e. The number of amides is 1. The van der Waals surface area contributed by atoms with Crippen LogP contribution in [0.2, 0.25) is 0 Å². The van der Waals surface area contributed by atoms with Gasteiger partial charge in [0.2, 0.25) is 5.91 Å². The van der Waals surface area contributed by atoms with E-state index in [1.54, 1.807) is 7.11 Å². The van der Waals surface area contributed by atoms with Crippen LogP contribution in [0.1, 0.15) is 49.7 Å². The fraction of sp³-hybridized carbons (Fsp3) is 0.435. The van der Waals surface area contributed by atoms with Gasteiger partial charge in [0.25, 0.3) is 0 Å². The number of likely N-dealkylation sites (tertiary alicyclic amines) is 1. The topological polar surface area (TPSA) is 29.5 Å². The van der Waals surface area contributed by atoms with Gasteiger partial charge in [-0.1, -0.05) is 49.4 Å². The Balaban J connectivity index is 1.63. The first kappa shape index (κ1) is 18.5. The van der Waals surface area contributed by atoms with Crippen LogP contribution in [0.4, 0.5) is 0 Å². The van der Waals surface area contributed by atoms with E-state index in [0.717, 1.165) is 38.0 Å². The predicted octanol–water partition coefficient (Wildman–Crippen LogP) is 4.81. The highest BCUT2D eigenvalue weighted by Crippen LogP contribution is 2.34. The molecule has 3 heteroatoms. The minimum absolute atomic E-state index is 0.290. The van der Waals surface area contributed by atoms with Gasteiger partial charge >= 0.3 is 0 Å². The summed E-state index contributed by atoms with van der Waals surface area (Å²) in [6.07, 6.45) is 4.66. The molecule has 0 saturated carbocycles. The highest BCUT2D eigenvalue weighted by atomic mass is 16.5. The number of rotatable bonds is 7. The van der Waals surface area contributed by atoms with Crippen molar-refractivity contribution in [2.24, 2.45) is 0 Å². The Bertz CT molecular complexity index is 696. The number of hydrogen-bond donors (Lipinski definition) is 0. The summed E-state index contributed by atoms with van der Waals surface area (Å²) in [6.45, 7) is 3.13. The molecule has 0 spiro atoms. The molecule has 1 aliphatic rings. The number of carbonyl (C=O) groups excluding carboxylic acids is 1. The summed E-state index contributed by atoms with van der Waals surface area (Å²) >= 11 is 0. The zero-order valence-corrected chi connectivity index (χ0v) is 15.9. The first-order valence-corrected chi connectivity index (χ1v) is 9.70. The van der Waals surface area contributed by atoms with Gasteiger partial charge in [0.05, 0.1) is 7.11 Å². The van der Waals surface area contributed by atoms with Gasteiger partial charge in [-0.3, -0.25) is 4.79 Å². The summed E-state index contributed by atoms with van der Waals surface area (Å²) in [5.74, 6) is 1.58. The number of hydrogen-bond acceptors (Lipinski definition) is 2. The van der Waals surface area contributed by atoms with Crippen LogP contribution in [0.15, 0.2) is 54.6 Å². The largest absolute Gasteiger partial charge is 0.497 e. The second-order valence-electron chi connectivity index (χ2n) is 7.07. The lowest BCUT2D eigenvalue weighted by molar-refractivity contribution is -0.132. The maximum Gasteiger partial charge on any atom is 0.223 e. The third-order valence-corrected chi connectivity index (χ3v) is 5.54. The molecule has 0 bridgehead atoms. The van der Waals surface area contributed by atoms with Crippen molar-refractivity contribution in [3.8, 4) is 5.75 Å². The average molecular weight is 351 g/mol. The van der Waals surface area contributed by atoms with Crippen LogP contribution in [-0.4, -0.2) is 30.5 Å². The van der Waals surface area contributed by atoms with Crippen LogP contribution in [0, 0.1) is 0 Å². The number of carbonyl (C=O) groups is 1. The third kappa shape index (κ3) is 4.27. The van der Waals surface area contributed by atoms with Crippen LogP contribution in [0.3, 0.4) is 0 Å². The molecule has 0 N–H and O–H groups in total. The third-order valence-electron chi connectivity index (χ3n) is 5.54. The van der Waals surface area contributed by atoms with Crippen molar-refractivity contribution in [3.05, 3.63) is 65.7 Å². The van der Waals surface area contributed by atoms with Gasteiger partial charge in [0, 0.05) is 24.9 Å². The number of nitrogens with zero attached hydrogens (tertiary/aromatic N) is 1. The van der Waals surface area contributed by atoms with Crippen molar-refractivity contribution >= 4 is 5.91 Å². The van der Waals surface area contributed by atoms with Crippen LogP contribution in [0.25, 0.3) is 0 Å². The summed E-state index contributed by atoms with van der Waals surface area (Å²) in [5.41, 5.74) is 2.54. The van der Waals surface area contributed by atoms with Gasteiger partial charge in [-0.05, 0) is 48.9 Å². The quantitative estimate of drug-likeness (QED) is 0.716. The molecule has 26 heavy (non-hydrogen) atoms. The molecule has 138 valence electrons. The van der Waals surface area contributed by atoms with Gasteiger partial charge in [-0.15, -0.1) is 0 Å². The predicted molar refractivity (Wildman–Crippen MR) is 106 cm³/mol. The van der Waals surface area contributed by atoms with Crippen LogP contribution < -0.4 is 4.74 Å². The summed E-state index contributed by atoms with van der Waals surface area (Å²) in [4.78, 5) is 15.0. The van der Waals surface area contributed by atoms with Gasteiger partial charge in [-0.25, -0.2) is 0 Å². The summed E-state index contributed by atoms with van der Waals surface area (Å²) < 4.78 is 5.20. The molecule has 0 aromatic heterocycles. The number of benzene rings is 2. The van der Waals surface area contributed by atoms with E-state index < -0.39 is 0 Å². The summed E-state index contributed by atoms with van der Waals surface area (Å²) in [7, 11) is 1.67. The van der Waals surface area contributed by atoms with Crippen molar-refractivity contribution in [1.82, 2.24) is 4.90 Å². The molecule has 1 amide bonds. The Labute approximate surface area is 157 Å². The van der Waals surface area contributed by atoms with Gasteiger partial charge < -0.3 is 9.64 Å². The standard InChI is InChI=1S/C23H29NO2/c1-3-21(19-8-5-4-6-9-19)22-10-7-17-24(22)23(25)16-13-18-11-14-20(26-2)15-12-18/h4-6,8-9,11-12,14-15,21-22H,3,7,10,13,16-17H2,1-2H3/t21-,22+/m0/s1. The molecule has 2 aromatic carbocycles. The molecule has 0 unspecified atom stereocenters. The SMILES string of the molecule is CC[C@@H](c1ccccc1)[C@H]1CCCN1C(=O)CCc1ccc(OC)cc1. The normalized spacial score (nSPS) is 17.9. The second-order valence-corrected chi connectivity index (χ2v) is 7.07. The van der Waals surface area contributed by atoms with E-state index in [0.29, 0.717) is 18.4 Å². The molecule has 2 aromatic rings. The fourth-order valence-corrected chi connectivity index (χ4v) is 4.14. The minimum Gasteiger partial charge on any atom is -0.497 e. The lowest BCUT2D eigenvalue weighted by Crippen LogP contribution is -2.39. The van der Waals surface area contributed by atoms with Crippen molar-refractivity contribution in [3.63, 3.8) is 0 Å². The number of aryl methyl sites for hydroxylation is 1. The highest BCUT2D eigenvalue weighted by molar-refractivity contribution is 5.77. The van der Waals surface area contributed by atoms with Gasteiger partial charge in [0.1, 0.15) is 5.75 Å². The van der Waals surface area contributed by atoms with Crippen LogP contribution >= 0.6 is 0 Å². The highest BCUT2D eigenvalue weighted by Gasteiger charge is 2.34. The zero-order valence-electron chi connectivity index (χ0n) is 15.9. The zero-order chi connectivity index (χ0) is 18.4. The Morgan fingerprint density at radius 3 is 2.54 bits per heavy atom.